The summed E-state index contributed by atoms with van der Waals surface area (Å²) in [5.41, 5.74) is 1.76. The standard InChI is InChI=1S/C32H42FN5O5/c1-22(28(21-40)24(3)17-25-18-29(33)27-20-35-38(11-10-34)30(27)19-25)6-8-31(23(2)5-7-26(41)9-16-39)43-32(42)37-14-12-36(4)13-15-37/h6,8,16-23,26,28,31,41H,5,7,9,11-15H2,1-4H3/b8-6+,24-17+/t22-,23-,26+,28-,31-/m0/s1. The molecule has 1 aromatic heterocycles. The fraction of sp³-hybridized carbons (Fsp3) is 0.531. The van der Waals surface area contributed by atoms with E-state index in [-0.39, 0.29) is 24.8 Å². The van der Waals surface area contributed by atoms with Gasteiger partial charge in [-0.2, -0.15) is 10.4 Å². The number of aliphatic hydroxyl groups is 1. The zero-order valence-electron chi connectivity index (χ0n) is 25.4. The number of carbonyl (C=O) groups is 3. The summed E-state index contributed by atoms with van der Waals surface area (Å²) < 4.78 is 22.1. The van der Waals surface area contributed by atoms with Crippen LogP contribution in [0.5, 0.6) is 0 Å². The van der Waals surface area contributed by atoms with E-state index in [0.717, 1.165) is 19.4 Å². The molecule has 3 rings (SSSR count). The van der Waals surface area contributed by atoms with Crippen LogP contribution in [0.25, 0.3) is 17.0 Å². The maximum absolute atomic E-state index is 14.8. The second kappa shape index (κ2) is 16.1. The Kier molecular flexibility index (Phi) is 12.6. The number of aromatic nitrogens is 2. The van der Waals surface area contributed by atoms with Crippen molar-refractivity contribution in [3.63, 3.8) is 0 Å². The Morgan fingerprint density at radius 1 is 1.19 bits per heavy atom. The number of fused-ring (bicyclic) bond motifs is 1. The summed E-state index contributed by atoms with van der Waals surface area (Å²) in [6, 6.07) is 5.13. The zero-order valence-corrected chi connectivity index (χ0v) is 25.4. The smallest absolute Gasteiger partial charge is 0.410 e. The van der Waals surface area contributed by atoms with Crippen molar-refractivity contribution in [2.45, 2.75) is 58.8 Å². The number of rotatable bonds is 14. The molecule has 0 unspecified atom stereocenters. The van der Waals surface area contributed by atoms with Gasteiger partial charge in [-0.15, -0.1) is 0 Å². The third-order valence-electron chi connectivity index (χ3n) is 8.08. The summed E-state index contributed by atoms with van der Waals surface area (Å²) in [7, 11) is 2.00. The van der Waals surface area contributed by atoms with Crippen molar-refractivity contribution in [3.8, 4) is 6.07 Å². The summed E-state index contributed by atoms with van der Waals surface area (Å²) in [5, 5.41) is 23.5. The fourth-order valence-electron chi connectivity index (χ4n) is 5.21. The molecular weight excluding hydrogens is 553 g/mol. The van der Waals surface area contributed by atoms with Crippen LogP contribution in [0.15, 0.2) is 36.1 Å². The average molecular weight is 596 g/mol. The molecule has 10 nitrogen and oxygen atoms in total. The van der Waals surface area contributed by atoms with Gasteiger partial charge >= 0.3 is 6.09 Å². The van der Waals surface area contributed by atoms with Crippen molar-refractivity contribution >= 4 is 35.6 Å². The lowest BCUT2D eigenvalue weighted by Gasteiger charge is -2.33. The minimum atomic E-state index is -0.758. The van der Waals surface area contributed by atoms with E-state index in [4.69, 9.17) is 10.00 Å². The number of halogens is 1. The number of hydrogen-bond acceptors (Lipinski definition) is 8. The van der Waals surface area contributed by atoms with Gasteiger partial charge in [0.15, 0.2) is 0 Å². The van der Waals surface area contributed by atoms with Crippen molar-refractivity contribution in [2.75, 3.05) is 33.2 Å². The molecule has 1 saturated heterocycles. The summed E-state index contributed by atoms with van der Waals surface area (Å²) in [4.78, 5) is 39.8. The van der Waals surface area contributed by atoms with Crippen LogP contribution < -0.4 is 0 Å². The van der Waals surface area contributed by atoms with Gasteiger partial charge in [-0.05, 0) is 62.4 Å². The molecule has 0 bridgehead atoms. The van der Waals surface area contributed by atoms with Gasteiger partial charge in [0.2, 0.25) is 0 Å². The molecule has 1 fully saturated rings. The lowest BCUT2D eigenvalue weighted by molar-refractivity contribution is -0.111. The Balaban J connectivity index is 1.79. The van der Waals surface area contributed by atoms with E-state index in [0.29, 0.717) is 54.3 Å². The summed E-state index contributed by atoms with van der Waals surface area (Å²) in [6.07, 6.45) is 7.51. The van der Waals surface area contributed by atoms with Gasteiger partial charge in [-0.25, -0.2) is 9.18 Å². The van der Waals surface area contributed by atoms with Gasteiger partial charge < -0.3 is 29.2 Å². The molecule has 2 aromatic rings. The van der Waals surface area contributed by atoms with E-state index < -0.39 is 30.0 Å². The van der Waals surface area contributed by atoms with Crippen LogP contribution in [0.3, 0.4) is 0 Å². The van der Waals surface area contributed by atoms with Gasteiger partial charge in [0.05, 0.1) is 29.3 Å². The van der Waals surface area contributed by atoms with E-state index in [9.17, 15) is 23.9 Å². The minimum absolute atomic E-state index is 0.0110. The molecule has 1 amide bonds. The van der Waals surface area contributed by atoms with Gasteiger partial charge in [0.25, 0.3) is 0 Å². The summed E-state index contributed by atoms with van der Waals surface area (Å²) in [6.45, 7) is 8.24. The molecule has 1 aliphatic rings. The molecule has 0 aliphatic carbocycles. The van der Waals surface area contributed by atoms with Crippen LogP contribution >= 0.6 is 0 Å². The van der Waals surface area contributed by atoms with Gasteiger partial charge in [0.1, 0.15) is 31.0 Å². The predicted molar refractivity (Wildman–Crippen MR) is 161 cm³/mol. The monoisotopic (exact) mass is 595 g/mol. The van der Waals surface area contributed by atoms with Crippen LogP contribution in [-0.4, -0.2) is 88.8 Å². The number of aliphatic hydroxyl groups excluding tert-OH is 1. The Hall–Kier alpha value is -3.88. The molecule has 0 spiro atoms. The van der Waals surface area contributed by atoms with Crippen LogP contribution in [0.2, 0.25) is 0 Å². The second-order valence-electron chi connectivity index (χ2n) is 11.4. The molecule has 0 radical (unpaired) electrons. The summed E-state index contributed by atoms with van der Waals surface area (Å²) in [5.74, 6) is -1.42. The third-order valence-corrected chi connectivity index (χ3v) is 8.08. The van der Waals surface area contributed by atoms with Gasteiger partial charge in [0, 0.05) is 38.5 Å². The molecule has 11 heteroatoms. The maximum Gasteiger partial charge on any atom is 0.410 e. The third kappa shape index (κ3) is 9.30. The highest BCUT2D eigenvalue weighted by molar-refractivity contribution is 5.82. The van der Waals surface area contributed by atoms with Crippen LogP contribution in [0, 0.1) is 34.9 Å². The lowest BCUT2D eigenvalue weighted by atomic mass is 9.86. The van der Waals surface area contributed by atoms with Crippen molar-refractivity contribution in [3.05, 3.63) is 47.4 Å². The first-order valence-corrected chi connectivity index (χ1v) is 14.7. The number of nitrogens with zero attached hydrogens (tertiary/aromatic N) is 5. The molecule has 0 saturated carbocycles. The molecule has 232 valence electrons. The van der Waals surface area contributed by atoms with Crippen molar-refractivity contribution in [2.24, 2.45) is 17.8 Å². The maximum atomic E-state index is 14.8. The highest BCUT2D eigenvalue weighted by atomic mass is 19.1. The minimum Gasteiger partial charge on any atom is -0.442 e. The van der Waals surface area contributed by atoms with Crippen LogP contribution in [-0.2, 0) is 20.9 Å². The average Bonchev–Trinajstić information content (AvgIpc) is 3.38. The normalized spacial score (nSPS) is 18.2. The van der Waals surface area contributed by atoms with Gasteiger partial charge in [-0.3, -0.25) is 4.68 Å². The van der Waals surface area contributed by atoms with Crippen molar-refractivity contribution < 1.29 is 28.6 Å². The van der Waals surface area contributed by atoms with Gasteiger partial charge in [-0.1, -0.05) is 31.6 Å². The number of amides is 1. The molecule has 2 heterocycles. The Morgan fingerprint density at radius 3 is 2.56 bits per heavy atom. The van der Waals surface area contributed by atoms with Crippen molar-refractivity contribution in [1.82, 2.24) is 19.6 Å². The predicted octanol–water partition coefficient (Wildman–Crippen LogP) is 4.23. The molecule has 1 N–H and O–H groups in total. The number of hydrogen-bond donors (Lipinski definition) is 1. The first-order valence-electron chi connectivity index (χ1n) is 14.7. The van der Waals surface area contributed by atoms with Crippen molar-refractivity contribution in [1.29, 1.82) is 5.26 Å². The number of carbonyl (C=O) groups excluding carboxylic acids is 3. The Bertz CT molecular complexity index is 1360. The lowest BCUT2D eigenvalue weighted by Crippen LogP contribution is -2.48. The topological polar surface area (TPSA) is 129 Å². The first-order chi connectivity index (χ1) is 20.6. The first kappa shape index (κ1) is 33.6. The molecular formula is C32H42FN5O5. The number of ether oxygens (including phenoxy) is 1. The van der Waals surface area contributed by atoms with E-state index in [2.05, 4.69) is 10.00 Å². The number of aldehydes is 2. The Labute approximate surface area is 252 Å². The molecule has 1 aliphatic heterocycles. The van der Waals surface area contributed by atoms with E-state index in [1.54, 1.807) is 30.0 Å². The molecule has 1 aromatic carbocycles. The second-order valence-corrected chi connectivity index (χ2v) is 11.4. The fourth-order valence-corrected chi connectivity index (χ4v) is 5.21. The molecule has 43 heavy (non-hydrogen) atoms. The van der Waals surface area contributed by atoms with Crippen LogP contribution in [0.1, 0.15) is 45.6 Å². The highest BCUT2D eigenvalue weighted by Crippen LogP contribution is 2.27. The number of piperazine rings is 1. The van der Waals surface area contributed by atoms with E-state index in [1.807, 2.05) is 33.0 Å². The number of likely N-dealkylation sites (N-methyl/N-ethyl adjacent to an activating group) is 1. The van der Waals surface area contributed by atoms with E-state index in [1.165, 1.54) is 16.9 Å². The number of benzene rings is 1. The quantitative estimate of drug-likeness (QED) is 0.254. The Morgan fingerprint density at radius 2 is 1.91 bits per heavy atom. The van der Waals surface area contributed by atoms with Crippen LogP contribution in [0.4, 0.5) is 9.18 Å². The largest absolute Gasteiger partial charge is 0.442 e. The van der Waals surface area contributed by atoms with E-state index >= 15 is 0 Å². The number of nitriles is 1. The summed E-state index contributed by atoms with van der Waals surface area (Å²) >= 11 is 0. The number of allylic oxidation sites excluding steroid dienone is 2. The zero-order chi connectivity index (χ0) is 31.5. The highest BCUT2D eigenvalue weighted by Gasteiger charge is 2.26. The SMILES string of the molecule is C/C(=C\c1cc(F)c2cnn(CC#N)c2c1)[C@@H](C=O)[C@@H](C)/C=C/[C@H](OC(=O)N1CCN(C)CC1)[C@@H](C)CC[C@@H](O)CC=O. The molecule has 5 atom stereocenters.